The van der Waals surface area contributed by atoms with Gasteiger partial charge in [-0.1, -0.05) is 60.7 Å². The second kappa shape index (κ2) is 9.18. The molecule has 2 atom stereocenters. The number of aliphatic hydroxyl groups is 1. The fraction of sp³-hybridized carbons (Fsp3) is 0.346. The maximum Gasteiger partial charge on any atom is 0.227 e. The highest BCUT2D eigenvalue weighted by molar-refractivity contribution is 5.32. The summed E-state index contributed by atoms with van der Waals surface area (Å²) < 4.78 is 11.9. The van der Waals surface area contributed by atoms with Crippen molar-refractivity contribution >= 4 is 0 Å². The second-order valence-corrected chi connectivity index (χ2v) is 8.91. The minimum Gasteiger partial charge on any atom is -0.459 e. The van der Waals surface area contributed by atoms with Gasteiger partial charge in [0.05, 0.1) is 12.3 Å². The van der Waals surface area contributed by atoms with Crippen LogP contribution in [0.15, 0.2) is 72.8 Å². The van der Waals surface area contributed by atoms with Crippen molar-refractivity contribution < 1.29 is 14.6 Å². The average molecular weight is 419 g/mol. The quantitative estimate of drug-likeness (QED) is 0.609. The largest absolute Gasteiger partial charge is 0.459 e. The Kier molecular flexibility index (Phi) is 6.37. The molecule has 2 aromatic carbocycles. The highest BCUT2D eigenvalue weighted by atomic mass is 16.7. The van der Waals surface area contributed by atoms with Crippen LogP contribution in [0.5, 0.6) is 5.75 Å². The summed E-state index contributed by atoms with van der Waals surface area (Å²) in [6, 6.07) is 23.9. The maximum atomic E-state index is 11.0. The van der Waals surface area contributed by atoms with Gasteiger partial charge in [-0.2, -0.15) is 0 Å². The lowest BCUT2D eigenvalue weighted by Gasteiger charge is -2.37. The van der Waals surface area contributed by atoms with Gasteiger partial charge in [-0.3, -0.25) is 4.90 Å². The number of nitrogens with zero attached hydrogens (tertiary/aromatic N) is 2. The monoisotopic (exact) mass is 418 g/mol. The molecule has 1 aliphatic rings. The predicted molar refractivity (Wildman–Crippen MR) is 120 cm³/mol. The summed E-state index contributed by atoms with van der Waals surface area (Å²) in [7, 11) is 0. The fourth-order valence-corrected chi connectivity index (χ4v) is 3.66. The molecule has 1 aromatic heterocycles. The number of hydrogen-bond donors (Lipinski definition) is 1. The summed E-state index contributed by atoms with van der Waals surface area (Å²) in [5, 5.41) is 11.0. The Morgan fingerprint density at radius 1 is 1.00 bits per heavy atom. The minimum absolute atomic E-state index is 0.0971. The zero-order chi connectivity index (χ0) is 21.8. The molecule has 162 valence electrons. The molecule has 1 aliphatic heterocycles. The van der Waals surface area contributed by atoms with E-state index in [9.17, 15) is 5.11 Å². The minimum atomic E-state index is -0.708. The molecular formula is C26H30N2O3. The van der Waals surface area contributed by atoms with Gasteiger partial charge < -0.3 is 14.6 Å². The van der Waals surface area contributed by atoms with Gasteiger partial charge in [0.1, 0.15) is 17.5 Å². The molecule has 0 radical (unpaired) electrons. The molecule has 0 saturated carbocycles. The van der Waals surface area contributed by atoms with E-state index >= 15 is 0 Å². The van der Waals surface area contributed by atoms with Crippen LogP contribution in [0.3, 0.4) is 0 Å². The van der Waals surface area contributed by atoms with Crippen LogP contribution < -0.4 is 4.74 Å². The Morgan fingerprint density at radius 2 is 1.68 bits per heavy atom. The number of ether oxygens (including phenoxy) is 2. The molecular weight excluding hydrogens is 388 g/mol. The number of benzene rings is 2. The van der Waals surface area contributed by atoms with Crippen molar-refractivity contribution in [3.63, 3.8) is 0 Å². The first-order valence-corrected chi connectivity index (χ1v) is 10.7. The van der Waals surface area contributed by atoms with Crippen molar-refractivity contribution in [2.24, 2.45) is 0 Å². The van der Waals surface area contributed by atoms with Gasteiger partial charge in [0.15, 0.2) is 0 Å². The van der Waals surface area contributed by atoms with Crippen LogP contribution in [0.1, 0.15) is 55.7 Å². The Hall–Kier alpha value is -2.73. The summed E-state index contributed by atoms with van der Waals surface area (Å²) in [5.41, 5.74) is 3.44. The van der Waals surface area contributed by atoms with Crippen molar-refractivity contribution in [1.82, 2.24) is 9.88 Å². The smallest absolute Gasteiger partial charge is 0.227 e. The standard InChI is InChI=1S/C26H30N2O3/c1-26(2,3)28(16-19-10-6-4-7-11-19)17-23(29)21-14-15-24-22(27-21)18-30-25(31-24)20-12-8-5-9-13-20/h4-15,23,25,29H,16-18H2,1-3H3. The first-order chi connectivity index (χ1) is 14.9. The van der Waals surface area contributed by atoms with E-state index in [2.05, 4.69) is 42.8 Å². The zero-order valence-electron chi connectivity index (χ0n) is 18.4. The second-order valence-electron chi connectivity index (χ2n) is 8.91. The van der Waals surface area contributed by atoms with Crippen LogP contribution >= 0.6 is 0 Å². The van der Waals surface area contributed by atoms with E-state index < -0.39 is 12.4 Å². The Bertz CT molecular complexity index is 987. The number of aliphatic hydroxyl groups excluding tert-OH is 1. The molecule has 2 heterocycles. The molecule has 0 saturated heterocycles. The van der Waals surface area contributed by atoms with E-state index in [1.165, 1.54) is 5.56 Å². The predicted octanol–water partition coefficient (Wildman–Crippen LogP) is 5.02. The summed E-state index contributed by atoms with van der Waals surface area (Å²) in [4.78, 5) is 6.93. The number of β-amino-alcohol motifs (C(OH)–C–C–N with tert-alkyl or cyclic N) is 1. The number of rotatable bonds is 6. The van der Waals surface area contributed by atoms with Crippen molar-refractivity contribution in [3.8, 4) is 5.75 Å². The Morgan fingerprint density at radius 3 is 2.35 bits per heavy atom. The first kappa shape index (κ1) is 21.5. The number of fused-ring (bicyclic) bond motifs is 1. The lowest BCUT2D eigenvalue weighted by molar-refractivity contribution is -0.113. The summed E-state index contributed by atoms with van der Waals surface area (Å²) in [5.74, 6) is 0.702. The number of aromatic nitrogens is 1. The highest BCUT2D eigenvalue weighted by Gasteiger charge is 2.27. The molecule has 0 fully saturated rings. The average Bonchev–Trinajstić information content (AvgIpc) is 2.78. The van der Waals surface area contributed by atoms with Crippen LogP contribution in [-0.4, -0.2) is 27.1 Å². The lowest BCUT2D eigenvalue weighted by atomic mass is 10.0. The van der Waals surface area contributed by atoms with Gasteiger partial charge in [0, 0.05) is 24.2 Å². The topological polar surface area (TPSA) is 54.8 Å². The van der Waals surface area contributed by atoms with Crippen LogP contribution in [0.4, 0.5) is 0 Å². The Labute approximate surface area is 184 Å². The van der Waals surface area contributed by atoms with Gasteiger partial charge >= 0.3 is 0 Å². The number of pyridine rings is 1. The molecule has 4 rings (SSSR count). The first-order valence-electron chi connectivity index (χ1n) is 10.7. The van der Waals surface area contributed by atoms with Gasteiger partial charge in [-0.25, -0.2) is 4.98 Å². The van der Waals surface area contributed by atoms with Crippen molar-refractivity contribution in [2.45, 2.75) is 51.9 Å². The third kappa shape index (κ3) is 5.31. The third-order valence-electron chi connectivity index (χ3n) is 5.53. The van der Waals surface area contributed by atoms with E-state index in [0.29, 0.717) is 30.3 Å². The fourth-order valence-electron chi connectivity index (χ4n) is 3.66. The third-order valence-corrected chi connectivity index (χ3v) is 5.53. The zero-order valence-corrected chi connectivity index (χ0v) is 18.4. The van der Waals surface area contributed by atoms with E-state index in [-0.39, 0.29) is 5.54 Å². The molecule has 0 amide bonds. The van der Waals surface area contributed by atoms with Gasteiger partial charge in [-0.05, 0) is 38.5 Å². The Balaban J connectivity index is 1.47. The van der Waals surface area contributed by atoms with Crippen LogP contribution in [0, 0.1) is 0 Å². The summed E-state index contributed by atoms with van der Waals surface area (Å²) in [6.45, 7) is 8.08. The molecule has 0 bridgehead atoms. The highest BCUT2D eigenvalue weighted by Crippen LogP contribution is 2.33. The van der Waals surface area contributed by atoms with E-state index in [4.69, 9.17) is 9.47 Å². The molecule has 2 unspecified atom stereocenters. The molecule has 1 N–H and O–H groups in total. The summed E-state index contributed by atoms with van der Waals surface area (Å²) >= 11 is 0. The van der Waals surface area contributed by atoms with E-state index in [1.54, 1.807) is 0 Å². The molecule has 0 aliphatic carbocycles. The number of hydrogen-bond acceptors (Lipinski definition) is 5. The molecule has 5 heteroatoms. The molecule has 0 spiro atoms. The normalized spacial score (nSPS) is 17.1. The van der Waals surface area contributed by atoms with Crippen LogP contribution in [-0.2, 0) is 17.9 Å². The lowest BCUT2D eigenvalue weighted by Crippen LogP contribution is -2.43. The molecule has 3 aromatic rings. The van der Waals surface area contributed by atoms with Gasteiger partial charge in [0.25, 0.3) is 0 Å². The van der Waals surface area contributed by atoms with Gasteiger partial charge in [0.2, 0.25) is 6.29 Å². The summed E-state index contributed by atoms with van der Waals surface area (Å²) in [6.07, 6.45) is -1.14. The molecule has 31 heavy (non-hydrogen) atoms. The van der Waals surface area contributed by atoms with Crippen LogP contribution in [0.2, 0.25) is 0 Å². The van der Waals surface area contributed by atoms with E-state index in [1.807, 2.05) is 60.7 Å². The van der Waals surface area contributed by atoms with Crippen molar-refractivity contribution in [2.75, 3.05) is 6.54 Å². The van der Waals surface area contributed by atoms with Crippen molar-refractivity contribution in [3.05, 3.63) is 95.3 Å². The maximum absolute atomic E-state index is 11.0. The van der Waals surface area contributed by atoms with Crippen LogP contribution in [0.25, 0.3) is 0 Å². The van der Waals surface area contributed by atoms with Gasteiger partial charge in [-0.15, -0.1) is 0 Å². The van der Waals surface area contributed by atoms with E-state index in [0.717, 1.165) is 12.1 Å². The molecule has 5 nitrogen and oxygen atoms in total. The SMILES string of the molecule is CC(C)(C)N(Cc1ccccc1)CC(O)c1ccc2c(n1)COC(c1ccccc1)O2. The van der Waals surface area contributed by atoms with Crippen molar-refractivity contribution in [1.29, 1.82) is 0 Å².